The van der Waals surface area contributed by atoms with E-state index in [0.29, 0.717) is 4.91 Å². The summed E-state index contributed by atoms with van der Waals surface area (Å²) in [5.74, 6) is -0.237. The van der Waals surface area contributed by atoms with Gasteiger partial charge in [0.05, 0.1) is 4.91 Å². The van der Waals surface area contributed by atoms with Crippen molar-refractivity contribution in [3.8, 4) is 0 Å². The van der Waals surface area contributed by atoms with Crippen LogP contribution >= 0.6 is 11.8 Å². The molecule has 0 bridgehead atoms. The molecule has 3 heteroatoms. The van der Waals surface area contributed by atoms with E-state index in [9.17, 15) is 9.59 Å². The van der Waals surface area contributed by atoms with E-state index >= 15 is 0 Å². The van der Waals surface area contributed by atoms with E-state index in [1.54, 1.807) is 0 Å². The summed E-state index contributed by atoms with van der Waals surface area (Å²) in [7, 11) is 0. The molecule has 1 aromatic rings. The molecule has 0 saturated heterocycles. The number of aryl methyl sites for hydroxylation is 1. The zero-order valence-electron chi connectivity index (χ0n) is 8.77. The molecule has 2 rings (SSSR count). The standard InChI is InChI=1S/C13H10O2S/c1-9-2-5-11(6-3-9)16-13-8-10(14)4-7-12(13)15/h2-8H,1H3. The van der Waals surface area contributed by atoms with E-state index < -0.39 is 0 Å². The lowest BCUT2D eigenvalue weighted by Gasteiger charge is -2.06. The van der Waals surface area contributed by atoms with Gasteiger partial charge in [-0.1, -0.05) is 29.5 Å². The van der Waals surface area contributed by atoms with Crippen LogP contribution in [0.15, 0.2) is 52.3 Å². The van der Waals surface area contributed by atoms with Crippen molar-refractivity contribution < 1.29 is 9.59 Å². The normalized spacial score (nSPS) is 15.2. The van der Waals surface area contributed by atoms with Crippen molar-refractivity contribution in [1.29, 1.82) is 0 Å². The fourth-order valence-electron chi connectivity index (χ4n) is 1.30. The van der Waals surface area contributed by atoms with Gasteiger partial charge in [-0.3, -0.25) is 9.59 Å². The predicted molar refractivity (Wildman–Crippen MR) is 64.3 cm³/mol. The molecule has 0 unspecified atom stereocenters. The van der Waals surface area contributed by atoms with E-state index in [1.165, 1.54) is 35.6 Å². The highest BCUT2D eigenvalue weighted by molar-refractivity contribution is 8.04. The average Bonchev–Trinajstić information content (AvgIpc) is 2.27. The highest BCUT2D eigenvalue weighted by atomic mass is 32.2. The number of rotatable bonds is 2. The van der Waals surface area contributed by atoms with E-state index in [4.69, 9.17) is 0 Å². The molecule has 16 heavy (non-hydrogen) atoms. The molecule has 1 aliphatic rings. The Morgan fingerprint density at radius 3 is 2.38 bits per heavy atom. The van der Waals surface area contributed by atoms with E-state index in [2.05, 4.69) is 0 Å². The van der Waals surface area contributed by atoms with Crippen molar-refractivity contribution in [3.05, 3.63) is 53.0 Å². The first kappa shape index (κ1) is 10.9. The minimum atomic E-state index is -0.130. The van der Waals surface area contributed by atoms with Gasteiger partial charge in [0.25, 0.3) is 0 Å². The maximum atomic E-state index is 11.5. The summed E-state index contributed by atoms with van der Waals surface area (Å²) in [6.45, 7) is 2.01. The minimum absolute atomic E-state index is 0.106. The number of allylic oxidation sites excluding steroid dienone is 4. The average molecular weight is 230 g/mol. The van der Waals surface area contributed by atoms with E-state index in [1.807, 2.05) is 31.2 Å². The van der Waals surface area contributed by atoms with E-state index in [-0.39, 0.29) is 11.6 Å². The third-order valence-corrected chi connectivity index (χ3v) is 3.21. The Morgan fingerprint density at radius 1 is 1.00 bits per heavy atom. The Morgan fingerprint density at radius 2 is 1.69 bits per heavy atom. The van der Waals surface area contributed by atoms with Crippen LogP contribution in [0.3, 0.4) is 0 Å². The maximum absolute atomic E-state index is 11.5. The summed E-state index contributed by atoms with van der Waals surface area (Å²) in [5.41, 5.74) is 1.17. The number of hydrogen-bond donors (Lipinski definition) is 0. The van der Waals surface area contributed by atoms with Crippen LogP contribution in [0.25, 0.3) is 0 Å². The quantitative estimate of drug-likeness (QED) is 0.732. The van der Waals surface area contributed by atoms with Gasteiger partial charge in [-0.15, -0.1) is 0 Å². The maximum Gasteiger partial charge on any atom is 0.192 e. The Labute approximate surface area is 98.0 Å². The second-order valence-corrected chi connectivity index (χ2v) is 4.64. The molecule has 1 aromatic carbocycles. The van der Waals surface area contributed by atoms with E-state index in [0.717, 1.165) is 4.90 Å². The summed E-state index contributed by atoms with van der Waals surface area (Å²) in [4.78, 5) is 24.1. The number of thioether (sulfide) groups is 1. The molecule has 0 N–H and O–H groups in total. The number of carbonyl (C=O) groups is 2. The lowest BCUT2D eigenvalue weighted by atomic mass is 10.2. The Balaban J connectivity index is 2.18. The molecule has 80 valence electrons. The lowest BCUT2D eigenvalue weighted by Crippen LogP contribution is -2.04. The number of carbonyl (C=O) groups excluding carboxylic acids is 2. The van der Waals surface area contributed by atoms with Crippen molar-refractivity contribution in [2.75, 3.05) is 0 Å². The van der Waals surface area contributed by atoms with Gasteiger partial charge in [0, 0.05) is 11.0 Å². The molecule has 0 spiro atoms. The summed E-state index contributed by atoms with van der Waals surface area (Å²) in [6.07, 6.45) is 3.99. The first-order valence-electron chi connectivity index (χ1n) is 4.88. The Hall–Kier alpha value is -1.61. The highest BCUT2D eigenvalue weighted by Crippen LogP contribution is 2.28. The summed E-state index contributed by atoms with van der Waals surface area (Å²) in [5, 5.41) is 0. The van der Waals surface area contributed by atoms with Gasteiger partial charge < -0.3 is 0 Å². The third-order valence-electron chi connectivity index (χ3n) is 2.16. The molecule has 0 fully saturated rings. The van der Waals surface area contributed by atoms with Gasteiger partial charge in [-0.2, -0.15) is 0 Å². The molecular weight excluding hydrogens is 220 g/mol. The zero-order chi connectivity index (χ0) is 11.5. The van der Waals surface area contributed by atoms with Crippen molar-refractivity contribution >= 4 is 23.3 Å². The van der Waals surface area contributed by atoms with Crippen LogP contribution in [0, 0.1) is 6.92 Å². The molecule has 0 radical (unpaired) electrons. The molecule has 0 saturated carbocycles. The molecule has 0 heterocycles. The van der Waals surface area contributed by atoms with Crippen LogP contribution in [-0.4, -0.2) is 11.6 Å². The fourth-order valence-corrected chi connectivity index (χ4v) is 2.17. The van der Waals surface area contributed by atoms with Crippen molar-refractivity contribution in [1.82, 2.24) is 0 Å². The highest BCUT2D eigenvalue weighted by Gasteiger charge is 2.14. The van der Waals surface area contributed by atoms with Crippen LogP contribution in [0.2, 0.25) is 0 Å². The van der Waals surface area contributed by atoms with Crippen LogP contribution < -0.4 is 0 Å². The third kappa shape index (κ3) is 2.49. The van der Waals surface area contributed by atoms with Gasteiger partial charge in [0.2, 0.25) is 0 Å². The summed E-state index contributed by atoms with van der Waals surface area (Å²) in [6, 6.07) is 7.84. The number of benzene rings is 1. The van der Waals surface area contributed by atoms with Crippen LogP contribution in [0.4, 0.5) is 0 Å². The van der Waals surface area contributed by atoms with Gasteiger partial charge >= 0.3 is 0 Å². The molecule has 2 nitrogen and oxygen atoms in total. The molecular formula is C13H10O2S. The summed E-state index contributed by atoms with van der Waals surface area (Å²) >= 11 is 1.32. The lowest BCUT2D eigenvalue weighted by molar-refractivity contribution is -0.114. The van der Waals surface area contributed by atoms with Crippen LogP contribution in [-0.2, 0) is 9.59 Å². The second-order valence-electron chi connectivity index (χ2n) is 3.52. The smallest absolute Gasteiger partial charge is 0.192 e. The van der Waals surface area contributed by atoms with Crippen LogP contribution in [0.1, 0.15) is 5.56 Å². The summed E-state index contributed by atoms with van der Waals surface area (Å²) < 4.78 is 0. The number of ketones is 2. The Kier molecular flexibility index (Phi) is 3.06. The Bertz CT molecular complexity index is 495. The molecule has 0 aliphatic heterocycles. The SMILES string of the molecule is Cc1ccc(SC2=CC(=O)C=CC2=O)cc1. The predicted octanol–water partition coefficient (Wildman–Crippen LogP) is 2.68. The fraction of sp³-hybridized carbons (Fsp3) is 0.0769. The monoisotopic (exact) mass is 230 g/mol. The second kappa shape index (κ2) is 4.49. The minimum Gasteiger partial charge on any atom is -0.290 e. The van der Waals surface area contributed by atoms with Crippen LogP contribution in [0.5, 0.6) is 0 Å². The number of hydrogen-bond acceptors (Lipinski definition) is 3. The topological polar surface area (TPSA) is 34.1 Å². The zero-order valence-corrected chi connectivity index (χ0v) is 9.58. The van der Waals surface area contributed by atoms with Gasteiger partial charge in [0.1, 0.15) is 0 Å². The van der Waals surface area contributed by atoms with Gasteiger partial charge in [-0.25, -0.2) is 0 Å². The van der Waals surface area contributed by atoms with Crippen molar-refractivity contribution in [2.24, 2.45) is 0 Å². The first-order valence-corrected chi connectivity index (χ1v) is 5.69. The van der Waals surface area contributed by atoms with Crippen molar-refractivity contribution in [3.63, 3.8) is 0 Å². The first-order chi connectivity index (χ1) is 7.65. The molecule has 0 amide bonds. The molecule has 0 aromatic heterocycles. The van der Waals surface area contributed by atoms with Gasteiger partial charge in [0.15, 0.2) is 11.6 Å². The van der Waals surface area contributed by atoms with Gasteiger partial charge in [-0.05, 0) is 31.2 Å². The van der Waals surface area contributed by atoms with Crippen molar-refractivity contribution in [2.45, 2.75) is 11.8 Å². The molecule has 0 atom stereocenters. The molecule has 1 aliphatic carbocycles. The largest absolute Gasteiger partial charge is 0.290 e.